The number of hydrogen-bond acceptors (Lipinski definition) is 4. The van der Waals surface area contributed by atoms with E-state index in [9.17, 15) is 10.1 Å². The van der Waals surface area contributed by atoms with Gasteiger partial charge in [0.05, 0.1) is 4.92 Å². The molecule has 1 aromatic carbocycles. The summed E-state index contributed by atoms with van der Waals surface area (Å²) in [6, 6.07) is 5.93. The third kappa shape index (κ3) is 1.82. The van der Waals surface area contributed by atoms with Gasteiger partial charge in [-0.3, -0.25) is 10.1 Å². The standard InChI is InChI=1S/C9H9NO4/c1-9(6-13-9)14-8-4-2-7(3-5-8)10(11)12/h2-5H,6H2,1H3/t9-/m1/s1. The van der Waals surface area contributed by atoms with Gasteiger partial charge in [-0.15, -0.1) is 0 Å². The quantitative estimate of drug-likeness (QED) is 0.418. The summed E-state index contributed by atoms with van der Waals surface area (Å²) in [5.74, 6) is 0.0476. The second-order valence-corrected chi connectivity index (χ2v) is 3.28. The Morgan fingerprint density at radius 2 is 2.07 bits per heavy atom. The molecule has 0 unspecified atom stereocenters. The molecule has 1 saturated heterocycles. The third-order valence-corrected chi connectivity index (χ3v) is 1.93. The maximum absolute atomic E-state index is 10.3. The van der Waals surface area contributed by atoms with Gasteiger partial charge in [0.2, 0.25) is 5.79 Å². The predicted octanol–water partition coefficient (Wildman–Crippen LogP) is 1.72. The maximum Gasteiger partial charge on any atom is 0.269 e. The molecule has 0 saturated carbocycles. The Bertz CT molecular complexity index is 356. The number of ether oxygens (including phenoxy) is 2. The van der Waals surface area contributed by atoms with Crippen LogP contribution in [0.25, 0.3) is 0 Å². The number of rotatable bonds is 3. The lowest BCUT2D eigenvalue weighted by Gasteiger charge is -2.08. The highest BCUT2D eigenvalue weighted by Crippen LogP contribution is 2.30. The molecule has 2 rings (SSSR count). The van der Waals surface area contributed by atoms with E-state index in [-0.39, 0.29) is 5.69 Å². The largest absolute Gasteiger partial charge is 0.460 e. The van der Waals surface area contributed by atoms with Gasteiger partial charge in [-0.1, -0.05) is 0 Å². The Hall–Kier alpha value is -1.62. The molecule has 1 heterocycles. The van der Waals surface area contributed by atoms with Gasteiger partial charge in [-0.25, -0.2) is 0 Å². The first kappa shape index (κ1) is 8.96. The van der Waals surface area contributed by atoms with E-state index in [2.05, 4.69) is 0 Å². The first-order chi connectivity index (χ1) is 6.59. The molecule has 1 atom stereocenters. The first-order valence-corrected chi connectivity index (χ1v) is 4.16. The molecule has 5 heteroatoms. The van der Waals surface area contributed by atoms with Gasteiger partial charge in [-0.2, -0.15) is 0 Å². The van der Waals surface area contributed by atoms with Crippen molar-refractivity contribution < 1.29 is 14.4 Å². The average Bonchev–Trinajstić information content (AvgIpc) is 2.84. The lowest BCUT2D eigenvalue weighted by Crippen LogP contribution is -2.14. The van der Waals surface area contributed by atoms with Crippen molar-refractivity contribution in [2.24, 2.45) is 0 Å². The zero-order chi connectivity index (χ0) is 10.2. The molecule has 5 nitrogen and oxygen atoms in total. The van der Waals surface area contributed by atoms with Gasteiger partial charge in [-0.05, 0) is 12.1 Å². The van der Waals surface area contributed by atoms with Crippen LogP contribution < -0.4 is 4.74 Å². The summed E-state index contributed by atoms with van der Waals surface area (Å²) >= 11 is 0. The van der Waals surface area contributed by atoms with E-state index in [1.165, 1.54) is 12.1 Å². The monoisotopic (exact) mass is 195 g/mol. The van der Waals surface area contributed by atoms with E-state index >= 15 is 0 Å². The summed E-state index contributed by atoms with van der Waals surface area (Å²) < 4.78 is 10.4. The lowest BCUT2D eigenvalue weighted by atomic mass is 10.3. The molecule has 14 heavy (non-hydrogen) atoms. The van der Waals surface area contributed by atoms with Crippen molar-refractivity contribution >= 4 is 5.69 Å². The number of epoxide rings is 1. The molecule has 1 fully saturated rings. The topological polar surface area (TPSA) is 64.9 Å². The smallest absolute Gasteiger partial charge is 0.269 e. The van der Waals surface area contributed by atoms with Crippen LogP contribution in [-0.4, -0.2) is 17.3 Å². The Kier molecular flexibility index (Phi) is 1.89. The molecule has 1 aliphatic rings. The number of hydrogen-bond donors (Lipinski definition) is 0. The van der Waals surface area contributed by atoms with Gasteiger partial charge >= 0.3 is 0 Å². The van der Waals surface area contributed by atoms with Crippen LogP contribution in [0.2, 0.25) is 0 Å². The summed E-state index contributed by atoms with van der Waals surface area (Å²) in [7, 11) is 0. The van der Waals surface area contributed by atoms with Crippen LogP contribution in [0.5, 0.6) is 5.75 Å². The molecule has 0 spiro atoms. The van der Waals surface area contributed by atoms with Crippen LogP contribution in [0, 0.1) is 10.1 Å². The Balaban J connectivity index is 2.10. The summed E-state index contributed by atoms with van der Waals surface area (Å²) in [6.45, 7) is 2.37. The van der Waals surface area contributed by atoms with Crippen molar-refractivity contribution in [3.05, 3.63) is 34.4 Å². The number of nitro benzene ring substituents is 1. The second-order valence-electron chi connectivity index (χ2n) is 3.28. The van der Waals surface area contributed by atoms with E-state index in [1.807, 2.05) is 6.92 Å². The van der Waals surface area contributed by atoms with Crippen molar-refractivity contribution in [3.63, 3.8) is 0 Å². The van der Waals surface area contributed by atoms with Crippen molar-refractivity contribution in [2.45, 2.75) is 12.7 Å². The predicted molar refractivity (Wildman–Crippen MR) is 48.1 cm³/mol. The number of nitrogens with zero attached hydrogens (tertiary/aromatic N) is 1. The molecule has 74 valence electrons. The number of benzene rings is 1. The number of non-ortho nitro benzene ring substituents is 1. The van der Waals surface area contributed by atoms with E-state index in [0.717, 1.165) is 0 Å². The molecule has 1 aliphatic heterocycles. The Morgan fingerprint density at radius 3 is 2.50 bits per heavy atom. The Labute approximate surface area is 80.4 Å². The lowest BCUT2D eigenvalue weighted by molar-refractivity contribution is -0.384. The van der Waals surface area contributed by atoms with Gasteiger partial charge < -0.3 is 9.47 Å². The van der Waals surface area contributed by atoms with Crippen LogP contribution in [0.15, 0.2) is 24.3 Å². The summed E-state index contributed by atoms with van der Waals surface area (Å²) in [5, 5.41) is 10.3. The van der Waals surface area contributed by atoms with Crippen LogP contribution in [0.1, 0.15) is 6.92 Å². The molecule has 0 aromatic heterocycles. The molecule has 0 aliphatic carbocycles. The van der Waals surface area contributed by atoms with Gasteiger partial charge in [0.15, 0.2) is 0 Å². The summed E-state index contributed by atoms with van der Waals surface area (Å²) in [4.78, 5) is 9.90. The minimum absolute atomic E-state index is 0.0548. The van der Waals surface area contributed by atoms with E-state index in [4.69, 9.17) is 9.47 Å². The summed E-state index contributed by atoms with van der Waals surface area (Å²) in [6.07, 6.45) is 0. The fourth-order valence-electron chi connectivity index (χ4n) is 1.05. The average molecular weight is 195 g/mol. The maximum atomic E-state index is 10.3. The van der Waals surface area contributed by atoms with Crippen molar-refractivity contribution in [1.82, 2.24) is 0 Å². The number of nitro groups is 1. The third-order valence-electron chi connectivity index (χ3n) is 1.93. The highest BCUT2D eigenvalue weighted by molar-refractivity contribution is 5.36. The van der Waals surface area contributed by atoms with Gasteiger partial charge in [0.1, 0.15) is 12.4 Å². The van der Waals surface area contributed by atoms with Crippen molar-refractivity contribution in [1.29, 1.82) is 0 Å². The van der Waals surface area contributed by atoms with Crippen LogP contribution >= 0.6 is 0 Å². The van der Waals surface area contributed by atoms with E-state index < -0.39 is 10.7 Å². The van der Waals surface area contributed by atoms with Crippen molar-refractivity contribution in [2.75, 3.05) is 6.61 Å². The van der Waals surface area contributed by atoms with E-state index in [1.54, 1.807) is 12.1 Å². The Morgan fingerprint density at radius 1 is 1.50 bits per heavy atom. The highest BCUT2D eigenvalue weighted by atomic mass is 16.8. The molecule has 1 aromatic rings. The first-order valence-electron chi connectivity index (χ1n) is 4.16. The van der Waals surface area contributed by atoms with Crippen molar-refractivity contribution in [3.8, 4) is 5.75 Å². The van der Waals surface area contributed by atoms with Crippen LogP contribution in [0.4, 0.5) is 5.69 Å². The molecule has 0 amide bonds. The zero-order valence-electron chi connectivity index (χ0n) is 7.60. The minimum atomic E-state index is -0.532. The SMILES string of the molecule is C[C@@]1(Oc2ccc([N+](=O)[O-])cc2)CO1. The fraction of sp³-hybridized carbons (Fsp3) is 0.333. The highest BCUT2D eigenvalue weighted by Gasteiger charge is 2.42. The molecular formula is C9H9NO4. The normalized spacial score (nSPS) is 24.4. The minimum Gasteiger partial charge on any atom is -0.460 e. The second kappa shape index (κ2) is 2.95. The zero-order valence-corrected chi connectivity index (χ0v) is 7.60. The van der Waals surface area contributed by atoms with Crippen LogP contribution in [-0.2, 0) is 4.74 Å². The molecule has 0 bridgehead atoms. The van der Waals surface area contributed by atoms with E-state index in [0.29, 0.717) is 12.4 Å². The van der Waals surface area contributed by atoms with Crippen LogP contribution in [0.3, 0.4) is 0 Å². The fourth-order valence-corrected chi connectivity index (χ4v) is 1.05. The molecule has 0 radical (unpaired) electrons. The van der Waals surface area contributed by atoms with Gasteiger partial charge in [0, 0.05) is 19.1 Å². The van der Waals surface area contributed by atoms with Gasteiger partial charge in [0.25, 0.3) is 5.69 Å². The molecular weight excluding hydrogens is 186 g/mol. The molecule has 0 N–H and O–H groups in total. The summed E-state index contributed by atoms with van der Waals surface area (Å²) in [5.41, 5.74) is 0.0548.